The van der Waals surface area contributed by atoms with Crippen LogP contribution in [-0.4, -0.2) is 21.8 Å². The Bertz CT molecular complexity index is 484. The van der Waals surface area contributed by atoms with E-state index in [-0.39, 0.29) is 11.0 Å². The summed E-state index contributed by atoms with van der Waals surface area (Å²) < 4.78 is 0. The second kappa shape index (κ2) is 6.96. The number of thioether (sulfide) groups is 1. The van der Waals surface area contributed by atoms with Gasteiger partial charge in [-0.3, -0.25) is 9.59 Å². The van der Waals surface area contributed by atoms with Crippen LogP contribution in [-0.2, 0) is 9.59 Å². The molecular formula is C13H16N2O2S. The van der Waals surface area contributed by atoms with Crippen molar-refractivity contribution in [3.05, 3.63) is 29.5 Å². The third-order valence-corrected chi connectivity index (χ3v) is 2.88. The summed E-state index contributed by atoms with van der Waals surface area (Å²) in [7, 11) is 0. The standard InChI is InChI=1S/C13H16N2O2S/c1-9-12(5-4-8-18-11(3)17)6-7-13(14-9)15-10(2)16/h4-7H,8H2,1-3H3,(H,14,15,16). The molecule has 0 saturated heterocycles. The van der Waals surface area contributed by atoms with Gasteiger partial charge in [-0.2, -0.15) is 0 Å². The lowest BCUT2D eigenvalue weighted by Crippen LogP contribution is -2.08. The van der Waals surface area contributed by atoms with Crippen molar-refractivity contribution >= 4 is 34.7 Å². The van der Waals surface area contributed by atoms with Crippen molar-refractivity contribution in [2.45, 2.75) is 20.8 Å². The number of carbonyl (C=O) groups excluding carboxylic acids is 2. The molecule has 4 nitrogen and oxygen atoms in total. The van der Waals surface area contributed by atoms with Crippen molar-refractivity contribution in [1.82, 2.24) is 4.98 Å². The maximum Gasteiger partial charge on any atom is 0.222 e. The Morgan fingerprint density at radius 3 is 2.67 bits per heavy atom. The normalized spacial score (nSPS) is 10.6. The Morgan fingerprint density at radius 1 is 1.39 bits per heavy atom. The summed E-state index contributed by atoms with van der Waals surface area (Å²) in [6, 6.07) is 3.65. The molecule has 1 rings (SSSR count). The summed E-state index contributed by atoms with van der Waals surface area (Å²) in [6.45, 7) is 4.88. The fourth-order valence-electron chi connectivity index (χ4n) is 1.34. The van der Waals surface area contributed by atoms with Gasteiger partial charge in [0.25, 0.3) is 0 Å². The molecule has 0 spiro atoms. The first-order valence-electron chi connectivity index (χ1n) is 5.54. The lowest BCUT2D eigenvalue weighted by molar-refractivity contribution is -0.114. The monoisotopic (exact) mass is 264 g/mol. The molecule has 18 heavy (non-hydrogen) atoms. The molecule has 0 atom stereocenters. The predicted octanol–water partition coefficient (Wildman–Crippen LogP) is 2.64. The number of nitrogens with zero attached hydrogens (tertiary/aromatic N) is 1. The second-order valence-corrected chi connectivity index (χ2v) is 4.95. The van der Waals surface area contributed by atoms with Crippen molar-refractivity contribution in [2.75, 3.05) is 11.1 Å². The predicted molar refractivity (Wildman–Crippen MR) is 75.5 cm³/mol. The topological polar surface area (TPSA) is 59.1 Å². The number of pyridine rings is 1. The van der Waals surface area contributed by atoms with Crippen molar-refractivity contribution in [3.63, 3.8) is 0 Å². The van der Waals surface area contributed by atoms with Gasteiger partial charge in [0.05, 0.1) is 0 Å². The Balaban J connectivity index is 2.67. The Hall–Kier alpha value is -1.62. The fourth-order valence-corrected chi connectivity index (χ4v) is 1.77. The lowest BCUT2D eigenvalue weighted by atomic mass is 10.2. The van der Waals surface area contributed by atoms with E-state index in [2.05, 4.69) is 10.3 Å². The van der Waals surface area contributed by atoms with Crippen molar-refractivity contribution in [2.24, 2.45) is 0 Å². The van der Waals surface area contributed by atoms with E-state index < -0.39 is 0 Å². The molecule has 1 aromatic heterocycles. The third kappa shape index (κ3) is 5.14. The van der Waals surface area contributed by atoms with E-state index in [0.29, 0.717) is 11.6 Å². The molecule has 0 fully saturated rings. The first-order valence-corrected chi connectivity index (χ1v) is 6.52. The summed E-state index contributed by atoms with van der Waals surface area (Å²) in [6.07, 6.45) is 3.85. The Kier molecular flexibility index (Phi) is 5.58. The fraction of sp³-hybridized carbons (Fsp3) is 0.308. The van der Waals surface area contributed by atoms with Crippen LogP contribution in [0.15, 0.2) is 18.2 Å². The van der Waals surface area contributed by atoms with Gasteiger partial charge < -0.3 is 5.32 Å². The molecule has 0 aliphatic rings. The molecule has 0 saturated carbocycles. The van der Waals surface area contributed by atoms with E-state index >= 15 is 0 Å². The summed E-state index contributed by atoms with van der Waals surface area (Å²) in [5, 5.41) is 2.74. The number of aromatic nitrogens is 1. The maximum atomic E-state index is 10.9. The van der Waals surface area contributed by atoms with Crippen molar-refractivity contribution < 1.29 is 9.59 Å². The minimum Gasteiger partial charge on any atom is -0.311 e. The third-order valence-electron chi connectivity index (χ3n) is 2.11. The number of hydrogen-bond acceptors (Lipinski definition) is 4. The van der Waals surface area contributed by atoms with E-state index in [1.165, 1.54) is 18.7 Å². The number of rotatable bonds is 4. The minimum absolute atomic E-state index is 0.107. The van der Waals surface area contributed by atoms with Crippen LogP contribution < -0.4 is 5.32 Å². The van der Waals surface area contributed by atoms with E-state index in [1.807, 2.05) is 25.1 Å². The quantitative estimate of drug-likeness (QED) is 0.908. The molecule has 0 aliphatic heterocycles. The molecule has 0 aliphatic carbocycles. The Morgan fingerprint density at radius 2 is 2.11 bits per heavy atom. The van der Waals surface area contributed by atoms with Gasteiger partial charge in [-0.25, -0.2) is 4.98 Å². The first-order chi connectivity index (χ1) is 8.49. The molecule has 0 unspecified atom stereocenters. The van der Waals surface area contributed by atoms with Gasteiger partial charge in [-0.05, 0) is 24.6 Å². The number of nitrogens with one attached hydrogen (secondary N) is 1. The first kappa shape index (κ1) is 14.4. The number of anilines is 1. The zero-order valence-corrected chi connectivity index (χ0v) is 11.5. The molecule has 0 bridgehead atoms. The molecule has 0 aromatic carbocycles. The molecule has 1 amide bonds. The highest BCUT2D eigenvalue weighted by atomic mass is 32.2. The largest absolute Gasteiger partial charge is 0.311 e. The second-order valence-electron chi connectivity index (χ2n) is 3.76. The van der Waals surface area contributed by atoms with Crippen LogP contribution in [0.5, 0.6) is 0 Å². The average Bonchev–Trinajstić information content (AvgIpc) is 2.25. The van der Waals surface area contributed by atoms with Crippen LogP contribution in [0, 0.1) is 6.92 Å². The molecular weight excluding hydrogens is 248 g/mol. The van der Waals surface area contributed by atoms with Crippen LogP contribution >= 0.6 is 11.8 Å². The van der Waals surface area contributed by atoms with Gasteiger partial charge in [0.1, 0.15) is 5.82 Å². The minimum atomic E-state index is -0.136. The van der Waals surface area contributed by atoms with Crippen LogP contribution in [0.1, 0.15) is 25.1 Å². The molecule has 5 heteroatoms. The summed E-state index contributed by atoms with van der Waals surface area (Å²) in [5.74, 6) is 1.07. The van der Waals surface area contributed by atoms with Crippen molar-refractivity contribution in [1.29, 1.82) is 0 Å². The van der Waals surface area contributed by atoms with Crippen LogP contribution in [0.3, 0.4) is 0 Å². The lowest BCUT2D eigenvalue weighted by Gasteiger charge is -2.04. The Labute approximate surface area is 111 Å². The maximum absolute atomic E-state index is 10.9. The van der Waals surface area contributed by atoms with Crippen LogP contribution in [0.25, 0.3) is 6.08 Å². The number of carbonyl (C=O) groups is 2. The zero-order chi connectivity index (χ0) is 13.5. The van der Waals surface area contributed by atoms with Gasteiger partial charge in [-0.1, -0.05) is 23.9 Å². The van der Waals surface area contributed by atoms with Gasteiger partial charge in [0.15, 0.2) is 5.12 Å². The van der Waals surface area contributed by atoms with E-state index in [1.54, 1.807) is 13.0 Å². The van der Waals surface area contributed by atoms with E-state index in [4.69, 9.17) is 0 Å². The average molecular weight is 264 g/mol. The van der Waals surface area contributed by atoms with Crippen LogP contribution in [0.2, 0.25) is 0 Å². The summed E-state index contributed by atoms with van der Waals surface area (Å²) in [4.78, 5) is 25.9. The summed E-state index contributed by atoms with van der Waals surface area (Å²) >= 11 is 1.26. The smallest absolute Gasteiger partial charge is 0.222 e. The molecule has 1 heterocycles. The van der Waals surface area contributed by atoms with Gasteiger partial charge in [0.2, 0.25) is 5.91 Å². The van der Waals surface area contributed by atoms with Crippen molar-refractivity contribution in [3.8, 4) is 0 Å². The summed E-state index contributed by atoms with van der Waals surface area (Å²) in [5.41, 5.74) is 1.82. The SMILES string of the molecule is CC(=O)Nc1ccc(C=CCSC(C)=O)c(C)n1. The van der Waals surface area contributed by atoms with E-state index in [0.717, 1.165) is 11.3 Å². The number of aryl methyl sites for hydroxylation is 1. The molecule has 1 N–H and O–H groups in total. The number of hydrogen-bond donors (Lipinski definition) is 1. The van der Waals surface area contributed by atoms with Gasteiger partial charge in [-0.15, -0.1) is 0 Å². The molecule has 96 valence electrons. The van der Waals surface area contributed by atoms with Gasteiger partial charge in [0, 0.05) is 25.3 Å². The van der Waals surface area contributed by atoms with Gasteiger partial charge >= 0.3 is 0 Å². The van der Waals surface area contributed by atoms with E-state index in [9.17, 15) is 9.59 Å². The molecule has 0 radical (unpaired) electrons. The zero-order valence-electron chi connectivity index (χ0n) is 10.7. The number of amides is 1. The highest BCUT2D eigenvalue weighted by Crippen LogP contribution is 2.13. The van der Waals surface area contributed by atoms with Crippen LogP contribution in [0.4, 0.5) is 5.82 Å². The highest BCUT2D eigenvalue weighted by molar-refractivity contribution is 8.13. The highest BCUT2D eigenvalue weighted by Gasteiger charge is 2.00. The molecule has 1 aromatic rings.